The van der Waals surface area contributed by atoms with E-state index in [-0.39, 0.29) is 5.97 Å². The van der Waals surface area contributed by atoms with E-state index in [9.17, 15) is 4.79 Å². The average molecular weight is 175 g/mol. The van der Waals surface area contributed by atoms with Gasteiger partial charge in [0, 0.05) is 6.04 Å². The second-order valence-corrected chi connectivity index (χ2v) is 3.83. The maximum atomic E-state index is 10.8. The number of esters is 1. The molecule has 2 unspecified atom stereocenters. The monoisotopic (exact) mass is 175 g/mol. The highest BCUT2D eigenvalue weighted by atomic mass is 31.1. The molecule has 0 spiro atoms. The molecule has 1 aliphatic heterocycles. The largest absolute Gasteiger partial charge is 0.469 e. The minimum Gasteiger partial charge on any atom is -0.469 e. The first-order chi connectivity index (χ1) is 5.33. The van der Waals surface area contributed by atoms with Crippen molar-refractivity contribution in [3.63, 3.8) is 0 Å². The highest BCUT2D eigenvalue weighted by Gasteiger charge is 2.15. The fourth-order valence-corrected chi connectivity index (χ4v) is 2.22. The summed E-state index contributed by atoms with van der Waals surface area (Å²) < 4.78 is 4.58. The Bertz CT molecular complexity index is 134. The number of hydrogen-bond donors (Lipinski definition) is 1. The molecular weight excluding hydrogens is 161 g/mol. The van der Waals surface area contributed by atoms with Crippen molar-refractivity contribution in [1.29, 1.82) is 0 Å². The van der Waals surface area contributed by atoms with E-state index in [4.69, 9.17) is 0 Å². The van der Waals surface area contributed by atoms with Crippen LogP contribution in [0.4, 0.5) is 0 Å². The molecule has 0 aromatic rings. The molecule has 0 aromatic heterocycles. The Hall–Kier alpha value is -0.140. The quantitative estimate of drug-likeness (QED) is 0.500. The van der Waals surface area contributed by atoms with Crippen molar-refractivity contribution in [1.82, 2.24) is 5.09 Å². The van der Waals surface area contributed by atoms with Gasteiger partial charge in [0.25, 0.3) is 0 Å². The molecule has 2 atom stereocenters. The van der Waals surface area contributed by atoms with E-state index in [1.807, 2.05) is 0 Å². The van der Waals surface area contributed by atoms with Gasteiger partial charge in [0.1, 0.15) is 0 Å². The van der Waals surface area contributed by atoms with E-state index in [0.717, 1.165) is 15.2 Å². The van der Waals surface area contributed by atoms with Crippen LogP contribution >= 0.6 is 8.73 Å². The number of carbonyl (C=O) groups is 1. The van der Waals surface area contributed by atoms with E-state index in [1.165, 1.54) is 19.7 Å². The van der Waals surface area contributed by atoms with Gasteiger partial charge < -0.3 is 4.74 Å². The SMILES string of the molecule is COC(=O)CC1CCCPN1. The van der Waals surface area contributed by atoms with E-state index in [2.05, 4.69) is 9.82 Å². The maximum absolute atomic E-state index is 10.8. The van der Waals surface area contributed by atoms with Gasteiger partial charge in [-0.05, 0) is 19.0 Å². The first-order valence-electron chi connectivity index (χ1n) is 3.88. The Labute approximate surface area is 68.7 Å². The van der Waals surface area contributed by atoms with Gasteiger partial charge in [0.2, 0.25) is 0 Å². The molecule has 1 fully saturated rings. The van der Waals surface area contributed by atoms with Crippen LogP contribution in [0.25, 0.3) is 0 Å². The molecule has 1 saturated heterocycles. The summed E-state index contributed by atoms with van der Waals surface area (Å²) >= 11 is 0. The number of hydrogen-bond acceptors (Lipinski definition) is 3. The van der Waals surface area contributed by atoms with Crippen molar-refractivity contribution >= 4 is 14.7 Å². The van der Waals surface area contributed by atoms with Crippen LogP contribution in [-0.2, 0) is 9.53 Å². The molecule has 1 aliphatic rings. The number of ether oxygens (including phenoxy) is 1. The lowest BCUT2D eigenvalue weighted by Crippen LogP contribution is -2.29. The predicted octanol–water partition coefficient (Wildman–Crippen LogP) is 0.895. The van der Waals surface area contributed by atoms with E-state index in [1.54, 1.807) is 0 Å². The van der Waals surface area contributed by atoms with Gasteiger partial charge in [-0.3, -0.25) is 9.88 Å². The molecule has 1 N–H and O–H groups in total. The highest BCUT2D eigenvalue weighted by molar-refractivity contribution is 7.35. The lowest BCUT2D eigenvalue weighted by atomic mass is 10.1. The van der Waals surface area contributed by atoms with Crippen LogP contribution in [0.5, 0.6) is 0 Å². The minimum absolute atomic E-state index is 0.103. The summed E-state index contributed by atoms with van der Waals surface area (Å²) in [7, 11) is 2.26. The van der Waals surface area contributed by atoms with Crippen molar-refractivity contribution in [3.05, 3.63) is 0 Å². The van der Waals surface area contributed by atoms with Crippen molar-refractivity contribution in [2.45, 2.75) is 25.3 Å². The Kier molecular flexibility index (Phi) is 3.81. The Morgan fingerprint density at radius 2 is 2.64 bits per heavy atom. The normalized spacial score (nSPS) is 26.8. The van der Waals surface area contributed by atoms with Crippen LogP contribution in [0.2, 0.25) is 0 Å². The van der Waals surface area contributed by atoms with Gasteiger partial charge in [-0.1, -0.05) is 8.73 Å². The van der Waals surface area contributed by atoms with Crippen molar-refractivity contribution in [2.75, 3.05) is 13.3 Å². The van der Waals surface area contributed by atoms with Gasteiger partial charge in [0.15, 0.2) is 0 Å². The van der Waals surface area contributed by atoms with Gasteiger partial charge in [-0.25, -0.2) is 0 Å². The Morgan fingerprint density at radius 1 is 1.82 bits per heavy atom. The van der Waals surface area contributed by atoms with Gasteiger partial charge in [0.05, 0.1) is 13.5 Å². The summed E-state index contributed by atoms with van der Waals surface area (Å²) in [5.41, 5.74) is 0. The van der Waals surface area contributed by atoms with Crippen molar-refractivity contribution in [3.8, 4) is 0 Å². The van der Waals surface area contributed by atoms with Crippen LogP contribution < -0.4 is 5.09 Å². The molecule has 64 valence electrons. The molecule has 1 heterocycles. The van der Waals surface area contributed by atoms with Gasteiger partial charge >= 0.3 is 5.97 Å². The van der Waals surface area contributed by atoms with Crippen LogP contribution in [0, 0.1) is 0 Å². The summed E-state index contributed by atoms with van der Waals surface area (Å²) in [4.78, 5) is 10.8. The molecule has 0 aromatic carbocycles. The second-order valence-electron chi connectivity index (χ2n) is 2.69. The van der Waals surface area contributed by atoms with Crippen molar-refractivity contribution < 1.29 is 9.53 Å². The maximum Gasteiger partial charge on any atom is 0.307 e. The van der Waals surface area contributed by atoms with Crippen LogP contribution in [0.15, 0.2) is 0 Å². The van der Waals surface area contributed by atoms with Crippen LogP contribution in [-0.4, -0.2) is 25.3 Å². The van der Waals surface area contributed by atoms with E-state index in [0.29, 0.717) is 12.5 Å². The lowest BCUT2D eigenvalue weighted by Gasteiger charge is -2.21. The molecule has 4 heteroatoms. The molecule has 0 aliphatic carbocycles. The number of rotatable bonds is 2. The van der Waals surface area contributed by atoms with Gasteiger partial charge in [-0.2, -0.15) is 0 Å². The van der Waals surface area contributed by atoms with E-state index >= 15 is 0 Å². The summed E-state index contributed by atoms with van der Waals surface area (Å²) in [6, 6.07) is 0.370. The Balaban J connectivity index is 2.19. The molecule has 0 amide bonds. The first kappa shape index (κ1) is 8.95. The molecule has 0 saturated carbocycles. The van der Waals surface area contributed by atoms with Crippen LogP contribution in [0.1, 0.15) is 19.3 Å². The summed E-state index contributed by atoms with van der Waals surface area (Å²) in [6.45, 7) is 0. The zero-order valence-corrected chi connectivity index (χ0v) is 7.72. The van der Waals surface area contributed by atoms with E-state index < -0.39 is 0 Å². The Morgan fingerprint density at radius 3 is 3.18 bits per heavy atom. The third-order valence-corrected chi connectivity index (χ3v) is 3.02. The van der Waals surface area contributed by atoms with Gasteiger partial charge in [-0.15, -0.1) is 0 Å². The predicted molar refractivity (Wildman–Crippen MR) is 46.0 cm³/mol. The molecular formula is C7H14NO2P. The summed E-state index contributed by atoms with van der Waals surface area (Å²) in [5, 5.41) is 3.31. The highest BCUT2D eigenvalue weighted by Crippen LogP contribution is 2.19. The smallest absolute Gasteiger partial charge is 0.307 e. The first-order valence-corrected chi connectivity index (χ1v) is 5.09. The van der Waals surface area contributed by atoms with Crippen molar-refractivity contribution in [2.24, 2.45) is 0 Å². The standard InChI is InChI=1S/C7H14NO2P/c1-10-7(9)5-6-3-2-4-11-8-6/h6,8,11H,2-5H2,1H3. The zero-order chi connectivity index (χ0) is 8.10. The van der Waals surface area contributed by atoms with Crippen LogP contribution in [0.3, 0.4) is 0 Å². The third-order valence-electron chi connectivity index (χ3n) is 1.80. The number of methoxy groups -OCH3 is 1. The minimum atomic E-state index is -0.103. The molecule has 3 nitrogen and oxygen atoms in total. The number of carbonyl (C=O) groups excluding carboxylic acids is 1. The molecule has 0 radical (unpaired) electrons. The average Bonchev–Trinajstić information content (AvgIpc) is 2.06. The number of nitrogens with one attached hydrogen (secondary N) is 1. The zero-order valence-electron chi connectivity index (χ0n) is 6.72. The molecule has 1 rings (SSSR count). The molecule has 0 bridgehead atoms. The fraction of sp³-hybridized carbons (Fsp3) is 0.857. The summed E-state index contributed by atoms with van der Waals surface area (Å²) in [5.74, 6) is -0.103. The lowest BCUT2D eigenvalue weighted by molar-refractivity contribution is -0.141. The topological polar surface area (TPSA) is 38.3 Å². The fourth-order valence-electron chi connectivity index (χ4n) is 1.16. The summed E-state index contributed by atoms with van der Waals surface area (Å²) in [6.07, 6.45) is 4.15. The third kappa shape index (κ3) is 3.17. The second kappa shape index (κ2) is 4.68. The molecule has 11 heavy (non-hydrogen) atoms.